The quantitative estimate of drug-likeness (QED) is 0.478. The number of aromatic nitrogens is 2. The molecule has 0 saturated carbocycles. The minimum absolute atomic E-state index is 0.169. The molecule has 0 aliphatic carbocycles. The van der Waals surface area contributed by atoms with Crippen molar-refractivity contribution in [1.29, 1.82) is 0 Å². The zero-order chi connectivity index (χ0) is 21.8. The lowest BCUT2D eigenvalue weighted by molar-refractivity contribution is -0.144. The SMILES string of the molecule is COC(=O)C1C=C(C#Cc2ccccc2)N=CC1c1cnc(-c2c(F)cccc2Cl)[nH]1. The number of hydrogen-bond acceptors (Lipinski definition) is 4. The molecular formula is C24H17ClFN3O2. The number of carbonyl (C=O) groups excluding carboxylic acids is 1. The number of nitrogens with one attached hydrogen (secondary N) is 1. The molecule has 0 spiro atoms. The van der Waals surface area contributed by atoms with Gasteiger partial charge in [-0.15, -0.1) is 0 Å². The molecular weight excluding hydrogens is 417 g/mol. The summed E-state index contributed by atoms with van der Waals surface area (Å²) in [5.41, 5.74) is 2.06. The van der Waals surface area contributed by atoms with Gasteiger partial charge in [-0.1, -0.05) is 41.8 Å². The Kier molecular flexibility index (Phi) is 5.96. The van der Waals surface area contributed by atoms with Crippen LogP contribution in [-0.4, -0.2) is 29.3 Å². The van der Waals surface area contributed by atoms with Crippen LogP contribution in [0.3, 0.4) is 0 Å². The number of halogens is 2. The van der Waals surface area contributed by atoms with E-state index in [4.69, 9.17) is 16.3 Å². The largest absolute Gasteiger partial charge is 0.469 e. The highest BCUT2D eigenvalue weighted by atomic mass is 35.5. The summed E-state index contributed by atoms with van der Waals surface area (Å²) in [5.74, 6) is 4.22. The highest BCUT2D eigenvalue weighted by molar-refractivity contribution is 6.33. The lowest BCUT2D eigenvalue weighted by atomic mass is 9.88. The average Bonchev–Trinajstić information content (AvgIpc) is 3.27. The molecule has 3 aromatic rings. The molecule has 0 radical (unpaired) electrons. The number of benzene rings is 2. The standard InChI is InChI=1S/C24H17ClFN3O2/c1-31-24(30)17-12-16(11-10-15-6-3-2-4-7-15)27-13-18(17)21-14-28-23(29-21)22-19(25)8-5-9-20(22)26/h2-9,12-14,17-18H,1H3,(H,28,29). The van der Waals surface area contributed by atoms with Crippen LogP contribution in [0.1, 0.15) is 17.2 Å². The first-order chi connectivity index (χ1) is 15.1. The Balaban J connectivity index is 1.65. The van der Waals surface area contributed by atoms with E-state index >= 15 is 0 Å². The van der Waals surface area contributed by atoms with Gasteiger partial charge in [0, 0.05) is 23.7 Å². The molecule has 0 bridgehead atoms. The molecule has 7 heteroatoms. The van der Waals surface area contributed by atoms with Crippen LogP contribution in [0.4, 0.5) is 4.39 Å². The summed E-state index contributed by atoms with van der Waals surface area (Å²) in [7, 11) is 1.33. The third-order valence-electron chi connectivity index (χ3n) is 4.83. The summed E-state index contributed by atoms with van der Waals surface area (Å²) < 4.78 is 19.2. The van der Waals surface area contributed by atoms with Gasteiger partial charge in [-0.05, 0) is 36.3 Å². The van der Waals surface area contributed by atoms with Gasteiger partial charge < -0.3 is 9.72 Å². The summed E-state index contributed by atoms with van der Waals surface area (Å²) in [6.45, 7) is 0. The van der Waals surface area contributed by atoms with Crippen LogP contribution in [0, 0.1) is 23.6 Å². The molecule has 1 aliphatic rings. The second kappa shape index (κ2) is 8.99. The number of aromatic amines is 1. The third kappa shape index (κ3) is 4.42. The molecule has 0 saturated heterocycles. The molecule has 1 N–H and O–H groups in total. The van der Waals surface area contributed by atoms with Crippen molar-refractivity contribution in [2.45, 2.75) is 5.92 Å². The van der Waals surface area contributed by atoms with E-state index in [1.165, 1.54) is 19.2 Å². The zero-order valence-electron chi connectivity index (χ0n) is 16.5. The zero-order valence-corrected chi connectivity index (χ0v) is 17.2. The molecule has 4 rings (SSSR count). The molecule has 0 fully saturated rings. The molecule has 2 atom stereocenters. The van der Waals surface area contributed by atoms with E-state index in [-0.39, 0.29) is 16.4 Å². The van der Waals surface area contributed by atoms with E-state index in [1.54, 1.807) is 24.6 Å². The fourth-order valence-electron chi connectivity index (χ4n) is 3.28. The van der Waals surface area contributed by atoms with Gasteiger partial charge in [0.2, 0.25) is 0 Å². The fourth-order valence-corrected chi connectivity index (χ4v) is 3.53. The van der Waals surface area contributed by atoms with Gasteiger partial charge in [0.1, 0.15) is 17.3 Å². The van der Waals surface area contributed by atoms with Crippen molar-refractivity contribution in [3.05, 3.63) is 88.6 Å². The van der Waals surface area contributed by atoms with E-state index in [0.29, 0.717) is 11.4 Å². The number of imidazole rings is 1. The Hall–Kier alpha value is -3.69. The van der Waals surface area contributed by atoms with Crippen LogP contribution in [0.5, 0.6) is 0 Å². The number of carbonyl (C=O) groups is 1. The Bertz CT molecular complexity index is 1220. The van der Waals surface area contributed by atoms with Crippen LogP contribution in [0.25, 0.3) is 11.4 Å². The average molecular weight is 434 g/mol. The van der Waals surface area contributed by atoms with E-state index in [9.17, 15) is 9.18 Å². The maximum absolute atomic E-state index is 14.3. The highest BCUT2D eigenvalue weighted by Gasteiger charge is 2.32. The van der Waals surface area contributed by atoms with Gasteiger partial charge >= 0.3 is 5.97 Å². The lowest BCUT2D eigenvalue weighted by Gasteiger charge is -2.21. The first-order valence-corrected chi connectivity index (χ1v) is 9.85. The number of rotatable bonds is 3. The Morgan fingerprint density at radius 3 is 2.71 bits per heavy atom. The van der Waals surface area contributed by atoms with E-state index < -0.39 is 23.6 Å². The monoisotopic (exact) mass is 433 g/mol. The van der Waals surface area contributed by atoms with Crippen LogP contribution < -0.4 is 0 Å². The molecule has 154 valence electrons. The van der Waals surface area contributed by atoms with Gasteiger partial charge in [-0.25, -0.2) is 9.37 Å². The number of nitrogens with zero attached hydrogens (tertiary/aromatic N) is 2. The summed E-state index contributed by atoms with van der Waals surface area (Å²) in [5, 5.41) is 0.237. The highest BCUT2D eigenvalue weighted by Crippen LogP contribution is 2.33. The summed E-state index contributed by atoms with van der Waals surface area (Å²) in [6.07, 6.45) is 4.83. The van der Waals surface area contributed by atoms with Crippen molar-refractivity contribution in [2.75, 3.05) is 7.11 Å². The topological polar surface area (TPSA) is 67.3 Å². The maximum atomic E-state index is 14.3. The fraction of sp³-hybridized carbons (Fsp3) is 0.125. The number of aliphatic imine (C=N–C) groups is 1. The number of ether oxygens (including phenoxy) is 1. The van der Waals surface area contributed by atoms with Crippen LogP contribution in [0.2, 0.25) is 5.02 Å². The van der Waals surface area contributed by atoms with Crippen molar-refractivity contribution < 1.29 is 13.9 Å². The molecule has 0 amide bonds. The number of hydrogen-bond donors (Lipinski definition) is 1. The lowest BCUT2D eigenvalue weighted by Crippen LogP contribution is -2.25. The Morgan fingerprint density at radius 2 is 1.97 bits per heavy atom. The molecule has 5 nitrogen and oxygen atoms in total. The van der Waals surface area contributed by atoms with Crippen LogP contribution in [-0.2, 0) is 9.53 Å². The molecule has 31 heavy (non-hydrogen) atoms. The number of allylic oxidation sites excluding steroid dienone is 1. The van der Waals surface area contributed by atoms with Gasteiger partial charge in [-0.2, -0.15) is 0 Å². The van der Waals surface area contributed by atoms with Crippen LogP contribution >= 0.6 is 11.6 Å². The van der Waals surface area contributed by atoms with Crippen molar-refractivity contribution >= 4 is 23.8 Å². The molecule has 2 heterocycles. The van der Waals surface area contributed by atoms with E-state index in [1.807, 2.05) is 30.3 Å². The summed E-state index contributed by atoms with van der Waals surface area (Å²) in [4.78, 5) is 24.2. The number of H-pyrrole nitrogens is 1. The predicted molar refractivity (Wildman–Crippen MR) is 117 cm³/mol. The van der Waals surface area contributed by atoms with E-state index in [0.717, 1.165) is 5.56 Å². The first-order valence-electron chi connectivity index (χ1n) is 9.47. The van der Waals surface area contributed by atoms with Gasteiger partial charge in [0.05, 0.1) is 29.5 Å². The van der Waals surface area contributed by atoms with Crippen molar-refractivity contribution in [3.63, 3.8) is 0 Å². The molecule has 2 aromatic carbocycles. The summed E-state index contributed by atoms with van der Waals surface area (Å²) >= 11 is 6.14. The predicted octanol–water partition coefficient (Wildman–Crippen LogP) is 4.76. The smallest absolute Gasteiger partial charge is 0.313 e. The normalized spacial score (nSPS) is 17.5. The Labute approximate surface area is 183 Å². The van der Waals surface area contributed by atoms with Crippen LogP contribution in [0.15, 0.2) is 71.5 Å². The number of esters is 1. The molecule has 1 aliphatic heterocycles. The van der Waals surface area contributed by atoms with Gasteiger partial charge in [-0.3, -0.25) is 9.79 Å². The van der Waals surface area contributed by atoms with E-state index in [2.05, 4.69) is 26.8 Å². The minimum Gasteiger partial charge on any atom is -0.469 e. The second-order valence-corrected chi connectivity index (χ2v) is 7.21. The number of methoxy groups -OCH3 is 1. The first kappa shape index (κ1) is 20.6. The van der Waals surface area contributed by atoms with Crippen molar-refractivity contribution in [3.8, 4) is 23.2 Å². The molecule has 1 aromatic heterocycles. The summed E-state index contributed by atoms with van der Waals surface area (Å²) in [6, 6.07) is 13.9. The molecule has 2 unspecified atom stereocenters. The minimum atomic E-state index is -0.660. The third-order valence-corrected chi connectivity index (χ3v) is 5.15. The Morgan fingerprint density at radius 1 is 1.16 bits per heavy atom. The van der Waals surface area contributed by atoms with Gasteiger partial charge in [0.15, 0.2) is 0 Å². The van der Waals surface area contributed by atoms with Crippen molar-refractivity contribution in [2.24, 2.45) is 10.9 Å². The van der Waals surface area contributed by atoms with Crippen molar-refractivity contribution in [1.82, 2.24) is 9.97 Å². The second-order valence-electron chi connectivity index (χ2n) is 6.80. The maximum Gasteiger partial charge on any atom is 0.313 e. The van der Waals surface area contributed by atoms with Gasteiger partial charge in [0.25, 0.3) is 0 Å².